The molecule has 1 aromatic carbocycles. The number of benzene rings is 1. The maximum atomic E-state index is 4.33. The first-order valence-corrected chi connectivity index (χ1v) is 6.00. The van der Waals surface area contributed by atoms with Crippen molar-refractivity contribution < 1.29 is 0 Å². The van der Waals surface area contributed by atoms with Crippen molar-refractivity contribution in [3.63, 3.8) is 0 Å². The minimum atomic E-state index is 0.245. The van der Waals surface area contributed by atoms with Gasteiger partial charge in [0, 0.05) is 13.1 Å². The fourth-order valence-electron chi connectivity index (χ4n) is 2.01. The van der Waals surface area contributed by atoms with E-state index in [0.717, 1.165) is 19.5 Å². The highest BCUT2D eigenvalue weighted by Crippen LogP contribution is 2.25. The Bertz CT molecular complexity index is 379. The van der Waals surface area contributed by atoms with Crippen LogP contribution in [0.25, 0.3) is 5.57 Å². The molecule has 1 heteroatoms. The van der Waals surface area contributed by atoms with Gasteiger partial charge in [-0.1, -0.05) is 51.1 Å². The Labute approximate surface area is 98.6 Å². The Hall–Kier alpha value is -1.08. The van der Waals surface area contributed by atoms with E-state index in [4.69, 9.17) is 0 Å². The normalized spacial score (nSPS) is 17.1. The zero-order valence-electron chi connectivity index (χ0n) is 10.5. The lowest BCUT2D eigenvalue weighted by Gasteiger charge is -2.20. The fourth-order valence-corrected chi connectivity index (χ4v) is 2.01. The molecule has 1 aromatic rings. The average molecular weight is 214 g/mol. The molecule has 0 aliphatic carbocycles. The van der Waals surface area contributed by atoms with Crippen LogP contribution in [-0.4, -0.2) is 13.1 Å². The molecule has 0 saturated carbocycles. The minimum Gasteiger partial charge on any atom is -0.237 e. The number of nitrogens with zero attached hydrogens (tertiary/aromatic N) is 1. The van der Waals surface area contributed by atoms with Gasteiger partial charge in [-0.15, -0.1) is 0 Å². The van der Waals surface area contributed by atoms with Crippen molar-refractivity contribution in [3.05, 3.63) is 41.5 Å². The molecule has 0 saturated heterocycles. The van der Waals surface area contributed by atoms with E-state index >= 15 is 0 Å². The zero-order valence-corrected chi connectivity index (χ0v) is 10.5. The highest BCUT2D eigenvalue weighted by atomic mass is 14.8. The van der Waals surface area contributed by atoms with Crippen LogP contribution in [-0.2, 0) is 5.41 Å². The highest BCUT2D eigenvalue weighted by Gasteiger charge is 2.13. The van der Waals surface area contributed by atoms with Gasteiger partial charge < -0.3 is 0 Å². The minimum absolute atomic E-state index is 0.245. The Morgan fingerprint density at radius 2 is 1.75 bits per heavy atom. The van der Waals surface area contributed by atoms with Gasteiger partial charge in [-0.05, 0) is 28.5 Å². The second-order valence-electron chi connectivity index (χ2n) is 5.44. The van der Waals surface area contributed by atoms with E-state index < -0.39 is 0 Å². The molecule has 0 bridgehead atoms. The molecule has 1 nitrogen and oxygen atoms in total. The molecule has 0 spiro atoms. The molecule has 16 heavy (non-hydrogen) atoms. The van der Waals surface area contributed by atoms with E-state index in [-0.39, 0.29) is 5.41 Å². The molecule has 1 heterocycles. The average Bonchev–Trinajstić information content (AvgIpc) is 2.29. The van der Waals surface area contributed by atoms with Gasteiger partial charge in [-0.2, -0.15) is 0 Å². The highest BCUT2D eigenvalue weighted by molar-refractivity contribution is 5.66. The summed E-state index contributed by atoms with van der Waals surface area (Å²) in [4.78, 5) is 0. The molecule has 0 N–H and O–H groups in total. The second kappa shape index (κ2) is 4.42. The first-order chi connectivity index (χ1) is 7.57. The lowest BCUT2D eigenvalue weighted by Crippen LogP contribution is -2.13. The number of rotatable bonds is 1. The van der Waals surface area contributed by atoms with E-state index in [1.807, 2.05) is 0 Å². The topological polar surface area (TPSA) is 14.1 Å². The Morgan fingerprint density at radius 1 is 1.06 bits per heavy atom. The lowest BCUT2D eigenvalue weighted by molar-refractivity contribution is 0.590. The smallest absolute Gasteiger partial charge is 0.0320 e. The zero-order chi connectivity index (χ0) is 11.6. The van der Waals surface area contributed by atoms with Crippen LogP contribution in [0.1, 0.15) is 38.3 Å². The van der Waals surface area contributed by atoms with Crippen molar-refractivity contribution in [2.75, 3.05) is 13.1 Å². The third-order valence-electron chi connectivity index (χ3n) is 3.13. The third kappa shape index (κ3) is 2.53. The Kier molecular flexibility index (Phi) is 3.15. The number of hydrogen-bond acceptors (Lipinski definition) is 0. The van der Waals surface area contributed by atoms with Gasteiger partial charge in [0.05, 0.1) is 0 Å². The largest absolute Gasteiger partial charge is 0.237 e. The van der Waals surface area contributed by atoms with Gasteiger partial charge in [-0.3, -0.25) is 0 Å². The van der Waals surface area contributed by atoms with E-state index in [2.05, 4.69) is 56.4 Å². The molecular formula is C15H20N. The van der Waals surface area contributed by atoms with E-state index in [9.17, 15) is 0 Å². The molecule has 0 aromatic heterocycles. The van der Waals surface area contributed by atoms with Crippen LogP contribution in [0.15, 0.2) is 30.3 Å². The summed E-state index contributed by atoms with van der Waals surface area (Å²) < 4.78 is 0. The molecule has 85 valence electrons. The molecule has 2 rings (SSSR count). The van der Waals surface area contributed by atoms with Crippen LogP contribution in [0.2, 0.25) is 0 Å². The predicted octanol–water partition coefficient (Wildman–Crippen LogP) is 3.38. The van der Waals surface area contributed by atoms with Crippen LogP contribution in [0.3, 0.4) is 0 Å². The lowest BCUT2D eigenvalue weighted by atomic mass is 9.86. The van der Waals surface area contributed by atoms with Crippen LogP contribution in [0, 0.1) is 0 Å². The van der Waals surface area contributed by atoms with Crippen LogP contribution in [0.5, 0.6) is 0 Å². The predicted molar refractivity (Wildman–Crippen MR) is 69.6 cm³/mol. The summed E-state index contributed by atoms with van der Waals surface area (Å²) in [5.74, 6) is 0. The summed E-state index contributed by atoms with van der Waals surface area (Å²) in [6.45, 7) is 8.62. The molecule has 0 unspecified atom stereocenters. The van der Waals surface area contributed by atoms with Gasteiger partial charge in [0.2, 0.25) is 0 Å². The van der Waals surface area contributed by atoms with E-state index in [1.165, 1.54) is 16.7 Å². The quantitative estimate of drug-likeness (QED) is 0.680. The molecule has 0 atom stereocenters. The SMILES string of the molecule is CC(C)(C)c1ccc(C2=CC[N]CC2)cc1. The van der Waals surface area contributed by atoms with Crippen molar-refractivity contribution >= 4 is 5.57 Å². The van der Waals surface area contributed by atoms with Crippen molar-refractivity contribution in [1.29, 1.82) is 0 Å². The standard InChI is InChI=1S/C15H20N/c1-15(2,3)14-6-4-12(5-7-14)13-8-10-16-11-9-13/h4-8H,9-11H2,1-3H3. The summed E-state index contributed by atoms with van der Waals surface area (Å²) >= 11 is 0. The van der Waals surface area contributed by atoms with E-state index in [0.29, 0.717) is 0 Å². The molecular weight excluding hydrogens is 194 g/mol. The summed E-state index contributed by atoms with van der Waals surface area (Å²) in [5.41, 5.74) is 4.46. The van der Waals surface area contributed by atoms with Crippen LogP contribution in [0.4, 0.5) is 0 Å². The Balaban J connectivity index is 2.22. The van der Waals surface area contributed by atoms with Gasteiger partial charge >= 0.3 is 0 Å². The maximum Gasteiger partial charge on any atom is 0.0320 e. The molecule has 1 aliphatic heterocycles. The van der Waals surface area contributed by atoms with Crippen molar-refractivity contribution in [2.24, 2.45) is 0 Å². The van der Waals surface area contributed by atoms with Crippen LogP contribution >= 0.6 is 0 Å². The van der Waals surface area contributed by atoms with Gasteiger partial charge in [-0.25, -0.2) is 5.32 Å². The summed E-state index contributed by atoms with van der Waals surface area (Å²) in [7, 11) is 0. The van der Waals surface area contributed by atoms with Crippen molar-refractivity contribution in [2.45, 2.75) is 32.6 Å². The number of hydrogen-bond donors (Lipinski definition) is 0. The van der Waals surface area contributed by atoms with Gasteiger partial charge in [0.25, 0.3) is 0 Å². The van der Waals surface area contributed by atoms with Crippen molar-refractivity contribution in [1.82, 2.24) is 5.32 Å². The van der Waals surface area contributed by atoms with Crippen molar-refractivity contribution in [3.8, 4) is 0 Å². The molecule has 1 radical (unpaired) electrons. The molecule has 0 fully saturated rings. The summed E-state index contributed by atoms with van der Waals surface area (Å²) in [6.07, 6.45) is 3.34. The third-order valence-corrected chi connectivity index (χ3v) is 3.13. The fraction of sp³-hybridized carbons (Fsp3) is 0.467. The first-order valence-electron chi connectivity index (χ1n) is 6.00. The van der Waals surface area contributed by atoms with Gasteiger partial charge in [0.1, 0.15) is 0 Å². The maximum absolute atomic E-state index is 4.33. The van der Waals surface area contributed by atoms with Gasteiger partial charge in [0.15, 0.2) is 0 Å². The second-order valence-corrected chi connectivity index (χ2v) is 5.44. The molecule has 0 amide bonds. The monoisotopic (exact) mass is 214 g/mol. The molecule has 1 aliphatic rings. The summed E-state index contributed by atoms with van der Waals surface area (Å²) in [5, 5.41) is 4.33. The Morgan fingerprint density at radius 3 is 2.25 bits per heavy atom. The van der Waals surface area contributed by atoms with E-state index in [1.54, 1.807) is 0 Å². The first kappa shape index (κ1) is 11.4. The summed E-state index contributed by atoms with van der Waals surface area (Å²) in [6, 6.07) is 9.00. The van der Waals surface area contributed by atoms with Crippen LogP contribution < -0.4 is 5.32 Å².